The Kier molecular flexibility index (Phi) is 14.2. The number of primary amides is 2. The molecule has 6 rings (SSSR count). The summed E-state index contributed by atoms with van der Waals surface area (Å²) in [6, 6.07) is 22.3. The Balaban J connectivity index is 1.26. The van der Waals surface area contributed by atoms with E-state index in [0.717, 1.165) is 16.8 Å². The number of alkyl carbamates (subject to hydrolysis) is 1. The number of methoxy groups -OCH3 is 1. The highest BCUT2D eigenvalue weighted by Crippen LogP contribution is 2.43. The Bertz CT molecular complexity index is 2220. The Labute approximate surface area is 381 Å². The van der Waals surface area contributed by atoms with E-state index in [1.165, 1.54) is 21.8 Å². The second-order valence-electron chi connectivity index (χ2n) is 19.6. The second kappa shape index (κ2) is 19.1. The highest BCUT2D eigenvalue weighted by atomic mass is 16.5. The van der Waals surface area contributed by atoms with Gasteiger partial charge in [-0.15, -0.1) is 0 Å². The Morgan fingerprint density at radius 2 is 1.26 bits per heavy atom. The number of carbonyl (C=O) groups is 6. The van der Waals surface area contributed by atoms with Crippen LogP contribution < -0.4 is 21.7 Å². The lowest BCUT2D eigenvalue weighted by atomic mass is 9.81. The summed E-state index contributed by atoms with van der Waals surface area (Å²) in [6.45, 7) is 13.0. The number of nitrogens with two attached hydrogens (primary N) is 2. The highest BCUT2D eigenvalue weighted by Gasteiger charge is 2.55. The van der Waals surface area contributed by atoms with E-state index in [1.54, 1.807) is 0 Å². The van der Waals surface area contributed by atoms with Gasteiger partial charge in [-0.05, 0) is 77.3 Å². The minimum Gasteiger partial charge on any atom is -0.465 e. The van der Waals surface area contributed by atoms with Gasteiger partial charge in [-0.2, -0.15) is 0 Å². The van der Waals surface area contributed by atoms with Crippen LogP contribution in [0.3, 0.4) is 0 Å². The summed E-state index contributed by atoms with van der Waals surface area (Å²) >= 11 is 0. The van der Waals surface area contributed by atoms with E-state index in [0.29, 0.717) is 62.9 Å². The molecule has 6 amide bonds. The van der Waals surface area contributed by atoms with E-state index >= 15 is 0 Å². The fourth-order valence-corrected chi connectivity index (χ4v) is 9.98. The molecule has 0 aromatic heterocycles. The zero-order valence-electron chi connectivity index (χ0n) is 38.7. The molecule has 3 saturated heterocycles. The number of amides is 6. The number of para-hydroxylation sites is 1. The van der Waals surface area contributed by atoms with Gasteiger partial charge in [0.15, 0.2) is 0 Å². The smallest absolute Gasteiger partial charge is 0.408 e. The Morgan fingerprint density at radius 1 is 0.769 bits per heavy atom. The number of carbonyl (C=O) groups excluding carboxylic acids is 5. The quantitative estimate of drug-likeness (QED) is 0.160. The van der Waals surface area contributed by atoms with Crippen molar-refractivity contribution in [3.63, 3.8) is 0 Å². The van der Waals surface area contributed by atoms with Crippen molar-refractivity contribution < 1.29 is 43.3 Å². The number of carboxylic acid groups (broad SMARTS) is 1. The molecule has 3 fully saturated rings. The first kappa shape index (κ1) is 48.3. The van der Waals surface area contributed by atoms with Crippen molar-refractivity contribution in [2.45, 2.75) is 116 Å². The first-order valence-corrected chi connectivity index (χ1v) is 22.3. The van der Waals surface area contributed by atoms with Gasteiger partial charge in [-0.1, -0.05) is 108 Å². The largest absolute Gasteiger partial charge is 0.465 e. The van der Waals surface area contributed by atoms with Gasteiger partial charge in [-0.25, -0.2) is 9.59 Å². The molecule has 0 saturated carbocycles. The molecule has 16 nitrogen and oxygen atoms in total. The van der Waals surface area contributed by atoms with Crippen LogP contribution in [0.2, 0.25) is 0 Å². The Hall–Kier alpha value is -6.16. The van der Waals surface area contributed by atoms with Crippen LogP contribution in [0.25, 0.3) is 0 Å². The lowest BCUT2D eigenvalue weighted by Crippen LogP contribution is -2.63. The van der Waals surface area contributed by atoms with Crippen molar-refractivity contribution in [1.29, 1.82) is 0 Å². The number of benzene rings is 3. The maximum absolute atomic E-state index is 14.7. The molecule has 5 atom stereocenters. The Morgan fingerprint density at radius 3 is 1.66 bits per heavy atom. The molecule has 3 heterocycles. The van der Waals surface area contributed by atoms with Crippen LogP contribution in [0.5, 0.6) is 0 Å². The lowest BCUT2D eigenvalue weighted by molar-refractivity contribution is -0.151. The molecular formula is C49H65N7O9. The summed E-state index contributed by atoms with van der Waals surface area (Å²) in [4.78, 5) is 87.6. The molecule has 0 aliphatic carbocycles. The molecule has 3 aromatic rings. The summed E-state index contributed by atoms with van der Waals surface area (Å²) < 4.78 is 10.3. The van der Waals surface area contributed by atoms with Crippen molar-refractivity contribution in [3.8, 4) is 0 Å². The van der Waals surface area contributed by atoms with E-state index in [-0.39, 0.29) is 19.7 Å². The van der Waals surface area contributed by atoms with Gasteiger partial charge >= 0.3 is 12.2 Å². The molecular weight excluding hydrogens is 831 g/mol. The van der Waals surface area contributed by atoms with Gasteiger partial charge in [0.1, 0.15) is 23.2 Å². The summed E-state index contributed by atoms with van der Waals surface area (Å²) in [6.07, 6.45) is 0.159. The SMILES string of the molecule is COC(=O)N[C@H](C(=O)N1CCC[C@@]1(C(N)=O)c1ccc(CN(Cc2ccc([C@]3(C(N)=O)CCCN3C(=O)[C@@H](N(C(=O)O)[C@H]3CCOC3)C(C)(C)C)cc2)c2ccccc2)cc1)C(C)(C)C. The van der Waals surface area contributed by atoms with Gasteiger partial charge in [0.2, 0.25) is 23.6 Å². The topological polar surface area (TPSA) is 218 Å². The third-order valence-electron chi connectivity index (χ3n) is 13.3. The monoisotopic (exact) mass is 895 g/mol. The highest BCUT2D eigenvalue weighted by molar-refractivity contribution is 5.96. The summed E-state index contributed by atoms with van der Waals surface area (Å²) in [7, 11) is 1.23. The average molecular weight is 896 g/mol. The molecule has 350 valence electrons. The molecule has 3 aromatic carbocycles. The van der Waals surface area contributed by atoms with E-state index < -0.39 is 75.8 Å². The van der Waals surface area contributed by atoms with Gasteiger partial charge < -0.3 is 46.1 Å². The molecule has 3 aliphatic heterocycles. The van der Waals surface area contributed by atoms with Crippen LogP contribution in [0.1, 0.15) is 95.9 Å². The van der Waals surface area contributed by atoms with Gasteiger partial charge in [0, 0.05) is 38.5 Å². The summed E-state index contributed by atoms with van der Waals surface area (Å²) in [5, 5.41) is 13.1. The first-order valence-electron chi connectivity index (χ1n) is 22.3. The molecule has 0 spiro atoms. The number of rotatable bonds is 14. The molecule has 0 bridgehead atoms. The number of hydrogen-bond donors (Lipinski definition) is 4. The number of hydrogen-bond acceptors (Lipinski definition) is 9. The van der Waals surface area contributed by atoms with Crippen LogP contribution in [0.4, 0.5) is 15.3 Å². The van der Waals surface area contributed by atoms with Crippen molar-refractivity contribution in [2.24, 2.45) is 22.3 Å². The summed E-state index contributed by atoms with van der Waals surface area (Å²) in [5.74, 6) is -2.23. The van der Waals surface area contributed by atoms with Crippen molar-refractivity contribution in [3.05, 3.63) is 101 Å². The maximum Gasteiger partial charge on any atom is 0.408 e. The number of likely N-dealkylation sites (tertiary alicyclic amines) is 2. The predicted molar refractivity (Wildman–Crippen MR) is 244 cm³/mol. The minimum atomic E-state index is -1.48. The molecule has 65 heavy (non-hydrogen) atoms. The number of ether oxygens (including phenoxy) is 2. The van der Waals surface area contributed by atoms with Gasteiger partial charge in [0.25, 0.3) is 0 Å². The van der Waals surface area contributed by atoms with Crippen LogP contribution >= 0.6 is 0 Å². The van der Waals surface area contributed by atoms with E-state index in [2.05, 4.69) is 10.2 Å². The molecule has 0 unspecified atom stereocenters. The van der Waals surface area contributed by atoms with Crippen LogP contribution in [-0.4, -0.2) is 107 Å². The number of nitrogens with zero attached hydrogens (tertiary/aromatic N) is 4. The van der Waals surface area contributed by atoms with Crippen molar-refractivity contribution in [1.82, 2.24) is 20.0 Å². The van der Waals surface area contributed by atoms with Gasteiger partial charge in [0.05, 0.1) is 19.8 Å². The molecule has 6 N–H and O–H groups in total. The third kappa shape index (κ3) is 9.63. The molecule has 3 aliphatic rings. The summed E-state index contributed by atoms with van der Waals surface area (Å²) in [5.41, 5.74) is 11.9. The fraction of sp³-hybridized carbons (Fsp3) is 0.510. The van der Waals surface area contributed by atoms with Crippen LogP contribution in [0, 0.1) is 10.8 Å². The number of nitrogens with one attached hydrogen (secondary N) is 1. The van der Waals surface area contributed by atoms with Gasteiger partial charge in [-0.3, -0.25) is 24.1 Å². The third-order valence-corrected chi connectivity index (χ3v) is 13.3. The first-order chi connectivity index (χ1) is 30.7. The zero-order chi connectivity index (χ0) is 47.5. The second-order valence-corrected chi connectivity index (χ2v) is 19.6. The average Bonchev–Trinajstić information content (AvgIpc) is 4.06. The van der Waals surface area contributed by atoms with Crippen molar-refractivity contribution in [2.75, 3.05) is 38.3 Å². The predicted octanol–water partition coefficient (Wildman–Crippen LogP) is 5.45. The standard InChI is InChI=1S/C49H65N7O9/c1-46(2,3)38(52-44(61)64-7)40(57)54-26-11-24-48(54,42(50)59)34-19-15-32(16-20-34)29-53(36-13-9-8-10-14-36)30-33-17-21-35(22-18-33)49(43(51)60)25-12-27-55(49)41(58)39(47(4,5)6)56(45(62)63)37-23-28-65-31-37/h8-10,13-22,37-39H,11-12,23-31H2,1-7H3,(H2,50,59)(H2,51,60)(H,52,61)(H,62,63)/t37-,38+,39+,48-,49-/m0/s1. The molecule has 0 radical (unpaired) electrons. The van der Waals surface area contributed by atoms with E-state index in [1.807, 2.05) is 120 Å². The van der Waals surface area contributed by atoms with Crippen molar-refractivity contribution >= 4 is 41.5 Å². The lowest BCUT2D eigenvalue weighted by Gasteiger charge is -2.45. The zero-order valence-corrected chi connectivity index (χ0v) is 38.7. The maximum atomic E-state index is 14.7. The van der Waals surface area contributed by atoms with Crippen LogP contribution in [0.15, 0.2) is 78.9 Å². The number of anilines is 1. The minimum absolute atomic E-state index is 0.188. The normalized spacial score (nSPS) is 21.9. The van der Waals surface area contributed by atoms with E-state index in [9.17, 15) is 33.9 Å². The van der Waals surface area contributed by atoms with Crippen LogP contribution in [-0.2, 0) is 52.8 Å². The van der Waals surface area contributed by atoms with E-state index in [4.69, 9.17) is 20.9 Å². The molecule has 16 heteroatoms. The fourth-order valence-electron chi connectivity index (χ4n) is 9.98.